The van der Waals surface area contributed by atoms with E-state index in [-0.39, 0.29) is 17.4 Å². The molecule has 200 valence electrons. The Morgan fingerprint density at radius 1 is 1.16 bits per heavy atom. The van der Waals surface area contributed by atoms with Crippen LogP contribution in [0.25, 0.3) is 11.1 Å². The Labute approximate surface area is 221 Å². The number of carbonyl (C=O) groups is 2. The summed E-state index contributed by atoms with van der Waals surface area (Å²) >= 11 is 0. The van der Waals surface area contributed by atoms with Crippen molar-refractivity contribution in [1.82, 2.24) is 0 Å². The van der Waals surface area contributed by atoms with E-state index < -0.39 is 23.5 Å². The Hall–Kier alpha value is -3.65. The number of furan rings is 1. The Bertz CT molecular complexity index is 1420. The predicted molar refractivity (Wildman–Crippen MR) is 140 cm³/mol. The van der Waals surface area contributed by atoms with Gasteiger partial charge >= 0.3 is 5.97 Å². The topological polar surface area (TPSA) is 89.2 Å². The third kappa shape index (κ3) is 4.47. The molecule has 2 aromatic carbocycles. The highest BCUT2D eigenvalue weighted by atomic mass is 19.1. The molecule has 1 amide bonds. The highest BCUT2D eigenvalue weighted by molar-refractivity contribution is 6.06. The van der Waals surface area contributed by atoms with Gasteiger partial charge in [0, 0.05) is 23.4 Å². The maximum Gasteiger partial charge on any atom is 0.337 e. The van der Waals surface area contributed by atoms with Gasteiger partial charge in [0.15, 0.2) is 23.4 Å². The number of anilines is 1. The van der Waals surface area contributed by atoms with E-state index in [4.69, 9.17) is 13.9 Å². The van der Waals surface area contributed by atoms with Gasteiger partial charge in [-0.2, -0.15) is 0 Å². The molecular weight excluding hydrogens is 489 g/mol. The second-order valence-corrected chi connectivity index (χ2v) is 10.9. The maximum absolute atomic E-state index is 15.5. The smallest absolute Gasteiger partial charge is 0.337 e. The fourth-order valence-corrected chi connectivity index (χ4v) is 5.59. The number of benzene rings is 2. The average Bonchev–Trinajstić information content (AvgIpc) is 3.54. The summed E-state index contributed by atoms with van der Waals surface area (Å²) < 4.78 is 32.6. The highest BCUT2D eigenvalue weighted by Crippen LogP contribution is 2.47. The quantitative estimate of drug-likeness (QED) is 0.432. The fourth-order valence-electron chi connectivity index (χ4n) is 5.59. The zero-order chi connectivity index (χ0) is 27.4. The van der Waals surface area contributed by atoms with Crippen LogP contribution in [0.3, 0.4) is 0 Å². The number of amides is 1. The molecule has 2 aliphatic rings. The number of aliphatic carboxylic acids is 1. The Morgan fingerprint density at radius 2 is 1.92 bits per heavy atom. The molecular formula is C30H32FNO6. The molecule has 7 nitrogen and oxygen atoms in total. The van der Waals surface area contributed by atoms with Gasteiger partial charge in [0.25, 0.3) is 5.91 Å². The van der Waals surface area contributed by atoms with E-state index in [1.165, 1.54) is 12.3 Å². The van der Waals surface area contributed by atoms with Crippen LogP contribution in [0.5, 0.6) is 5.75 Å². The number of hydrogen-bond donors (Lipinski definition) is 1. The number of carbonyl (C=O) groups excluding carboxylic acids is 1. The Balaban J connectivity index is 1.79. The van der Waals surface area contributed by atoms with Crippen LogP contribution in [0.1, 0.15) is 71.7 Å². The molecule has 0 saturated carbocycles. The molecule has 5 rings (SSSR count). The van der Waals surface area contributed by atoms with Crippen molar-refractivity contribution >= 4 is 17.6 Å². The molecule has 8 heteroatoms. The molecule has 2 aliphatic heterocycles. The molecule has 0 unspecified atom stereocenters. The third-order valence-corrected chi connectivity index (χ3v) is 7.18. The van der Waals surface area contributed by atoms with E-state index in [1.807, 2.05) is 19.9 Å². The van der Waals surface area contributed by atoms with Crippen molar-refractivity contribution in [2.24, 2.45) is 0 Å². The molecule has 0 saturated heterocycles. The molecule has 1 N–H and O–H groups in total. The molecule has 0 fully saturated rings. The number of halogens is 1. The second-order valence-electron chi connectivity index (χ2n) is 10.9. The van der Waals surface area contributed by atoms with Gasteiger partial charge in [-0.3, -0.25) is 4.79 Å². The van der Waals surface area contributed by atoms with Gasteiger partial charge < -0.3 is 23.9 Å². The van der Waals surface area contributed by atoms with Gasteiger partial charge in [0.2, 0.25) is 0 Å². The molecule has 1 aromatic heterocycles. The van der Waals surface area contributed by atoms with E-state index in [2.05, 4.69) is 0 Å². The monoisotopic (exact) mass is 521 g/mol. The molecule has 0 spiro atoms. The van der Waals surface area contributed by atoms with Gasteiger partial charge in [0.1, 0.15) is 0 Å². The van der Waals surface area contributed by atoms with Crippen molar-refractivity contribution in [3.05, 3.63) is 69.9 Å². The zero-order valence-corrected chi connectivity index (χ0v) is 22.3. The number of carboxylic acid groups (broad SMARTS) is 1. The van der Waals surface area contributed by atoms with Crippen molar-refractivity contribution < 1.29 is 33.0 Å². The highest BCUT2D eigenvalue weighted by Gasteiger charge is 2.37. The van der Waals surface area contributed by atoms with Gasteiger partial charge in [-0.25, -0.2) is 9.18 Å². The summed E-state index contributed by atoms with van der Waals surface area (Å²) in [4.78, 5) is 27.6. The SMILES string of the molecule is Cc1cc2c(c(-c3cc(F)c4c(c3C)CCCO4)c1[C@H](OC(C)(C)C)C(=O)O)CCN2C(=O)c1ccco1. The van der Waals surface area contributed by atoms with Crippen molar-refractivity contribution in [2.75, 3.05) is 18.1 Å². The summed E-state index contributed by atoms with van der Waals surface area (Å²) in [5.41, 5.74) is 4.64. The van der Waals surface area contributed by atoms with Crippen molar-refractivity contribution in [3.8, 4) is 16.9 Å². The minimum atomic E-state index is -1.29. The lowest BCUT2D eigenvalue weighted by Crippen LogP contribution is -2.29. The van der Waals surface area contributed by atoms with E-state index in [0.29, 0.717) is 53.9 Å². The summed E-state index contributed by atoms with van der Waals surface area (Å²) in [5.74, 6) is -1.42. The predicted octanol–water partition coefficient (Wildman–Crippen LogP) is 6.17. The summed E-state index contributed by atoms with van der Waals surface area (Å²) in [6.45, 7) is 9.98. The first-order valence-corrected chi connectivity index (χ1v) is 12.9. The van der Waals surface area contributed by atoms with Gasteiger partial charge in [-0.15, -0.1) is 0 Å². The normalized spacial score (nSPS) is 15.6. The van der Waals surface area contributed by atoms with Gasteiger partial charge in [-0.05, 0) is 106 Å². The van der Waals surface area contributed by atoms with Crippen LogP contribution in [0.2, 0.25) is 0 Å². The van der Waals surface area contributed by atoms with Gasteiger partial charge in [-0.1, -0.05) is 0 Å². The lowest BCUT2D eigenvalue weighted by atomic mass is 9.83. The van der Waals surface area contributed by atoms with Gasteiger partial charge in [0.05, 0.1) is 18.5 Å². The fraction of sp³-hybridized carbons (Fsp3) is 0.400. The molecule has 3 heterocycles. The van der Waals surface area contributed by atoms with E-state index in [0.717, 1.165) is 23.1 Å². The Morgan fingerprint density at radius 3 is 2.58 bits per heavy atom. The lowest BCUT2D eigenvalue weighted by Gasteiger charge is -2.30. The number of rotatable bonds is 5. The first-order valence-electron chi connectivity index (χ1n) is 12.9. The van der Waals surface area contributed by atoms with Crippen LogP contribution < -0.4 is 9.64 Å². The molecule has 0 aliphatic carbocycles. The number of nitrogens with zero attached hydrogens (tertiary/aromatic N) is 1. The van der Waals surface area contributed by atoms with Crippen LogP contribution in [-0.2, 0) is 22.4 Å². The summed E-state index contributed by atoms with van der Waals surface area (Å²) in [5, 5.41) is 10.3. The lowest BCUT2D eigenvalue weighted by molar-refractivity contribution is -0.160. The molecule has 3 aromatic rings. The molecule has 38 heavy (non-hydrogen) atoms. The van der Waals surface area contributed by atoms with Crippen LogP contribution in [0.4, 0.5) is 10.1 Å². The van der Waals surface area contributed by atoms with E-state index in [1.54, 1.807) is 37.8 Å². The van der Waals surface area contributed by atoms with Crippen molar-refractivity contribution in [3.63, 3.8) is 0 Å². The van der Waals surface area contributed by atoms with Crippen molar-refractivity contribution in [1.29, 1.82) is 0 Å². The number of fused-ring (bicyclic) bond motifs is 2. The second kappa shape index (κ2) is 9.58. The summed E-state index contributed by atoms with van der Waals surface area (Å²) in [6.07, 6.45) is 2.07. The van der Waals surface area contributed by atoms with E-state index in [9.17, 15) is 14.7 Å². The zero-order valence-electron chi connectivity index (χ0n) is 22.3. The first kappa shape index (κ1) is 26.0. The molecule has 1 atom stereocenters. The minimum Gasteiger partial charge on any atom is -0.490 e. The maximum atomic E-state index is 15.5. The van der Waals surface area contributed by atoms with Crippen LogP contribution in [0.15, 0.2) is 34.9 Å². The van der Waals surface area contributed by atoms with Crippen LogP contribution in [0, 0.1) is 19.7 Å². The molecule has 0 radical (unpaired) electrons. The third-order valence-electron chi connectivity index (χ3n) is 7.18. The molecule has 0 bridgehead atoms. The Kier molecular flexibility index (Phi) is 6.55. The van der Waals surface area contributed by atoms with E-state index >= 15 is 4.39 Å². The summed E-state index contributed by atoms with van der Waals surface area (Å²) in [6, 6.07) is 6.54. The van der Waals surface area contributed by atoms with Crippen LogP contribution in [-0.4, -0.2) is 35.7 Å². The largest absolute Gasteiger partial charge is 0.490 e. The number of carboxylic acids is 1. The minimum absolute atomic E-state index is 0.216. The standard InChI is InChI=1S/C30H32FNO6/c1-16-14-22-19(10-11-32(22)28(33)23-9-7-12-36-23)25(24(16)27(29(34)35)38-30(3,4)5)20-15-21(31)26-18(17(20)2)8-6-13-37-26/h7,9,12,14-15,27H,6,8,10-11,13H2,1-5H3,(H,34,35)/t27-/m0/s1. The van der Waals surface area contributed by atoms with Crippen LogP contribution >= 0.6 is 0 Å². The number of ether oxygens (including phenoxy) is 2. The number of aryl methyl sites for hydroxylation is 1. The average molecular weight is 522 g/mol. The van der Waals surface area contributed by atoms with Crippen molar-refractivity contribution in [2.45, 2.75) is 65.6 Å². The summed E-state index contributed by atoms with van der Waals surface area (Å²) in [7, 11) is 0. The number of hydrogen-bond acceptors (Lipinski definition) is 5. The first-order chi connectivity index (χ1) is 18.0.